The maximum Gasteiger partial charge on any atom is 0.333 e. The van der Waals surface area contributed by atoms with Crippen molar-refractivity contribution < 1.29 is 9.90 Å². The molecule has 2 rings (SSSR count). The lowest BCUT2D eigenvalue weighted by molar-refractivity contribution is -0.133. The summed E-state index contributed by atoms with van der Waals surface area (Å²) < 4.78 is 0. The van der Waals surface area contributed by atoms with E-state index < -0.39 is 5.97 Å². The van der Waals surface area contributed by atoms with Gasteiger partial charge in [0, 0.05) is 24.7 Å². The molecular formula is C16H22N2O2. The molecule has 1 fully saturated rings. The fourth-order valence-electron chi connectivity index (χ4n) is 2.67. The summed E-state index contributed by atoms with van der Waals surface area (Å²) in [7, 11) is 0. The molecule has 1 aromatic carbocycles. The molecule has 1 unspecified atom stereocenters. The lowest BCUT2D eigenvalue weighted by atomic mass is 9.90. The molecule has 4 heteroatoms. The van der Waals surface area contributed by atoms with Gasteiger partial charge in [0.2, 0.25) is 0 Å². The minimum absolute atomic E-state index is 0.101. The van der Waals surface area contributed by atoms with Crippen molar-refractivity contribution in [2.45, 2.75) is 26.3 Å². The van der Waals surface area contributed by atoms with Crippen LogP contribution < -0.4 is 10.6 Å². The van der Waals surface area contributed by atoms with E-state index in [1.54, 1.807) is 0 Å². The Labute approximate surface area is 119 Å². The molecule has 1 aliphatic heterocycles. The van der Waals surface area contributed by atoms with Crippen molar-refractivity contribution in [2.24, 2.45) is 5.92 Å². The average Bonchev–Trinajstić information content (AvgIpc) is 2.47. The first-order valence-corrected chi connectivity index (χ1v) is 7.11. The van der Waals surface area contributed by atoms with Gasteiger partial charge in [-0.3, -0.25) is 0 Å². The van der Waals surface area contributed by atoms with Crippen LogP contribution in [-0.2, 0) is 11.3 Å². The standard InChI is InChI=1S/C16H22N2O2/c1-12(18-10-13-6-3-2-4-7-13)15(16(19)20)14-8-5-9-17-11-14/h2-4,6-7,14,17-18H,5,8-11H2,1H3,(H,19,20)/b15-12-. The zero-order valence-corrected chi connectivity index (χ0v) is 11.9. The van der Waals surface area contributed by atoms with Gasteiger partial charge >= 0.3 is 5.97 Å². The van der Waals surface area contributed by atoms with E-state index in [-0.39, 0.29) is 5.92 Å². The summed E-state index contributed by atoms with van der Waals surface area (Å²) in [5.41, 5.74) is 2.45. The second-order valence-corrected chi connectivity index (χ2v) is 5.23. The highest BCUT2D eigenvalue weighted by molar-refractivity contribution is 5.88. The minimum atomic E-state index is -0.809. The van der Waals surface area contributed by atoms with Crippen LogP contribution in [0.1, 0.15) is 25.3 Å². The van der Waals surface area contributed by atoms with Crippen molar-refractivity contribution in [3.05, 3.63) is 47.2 Å². The second-order valence-electron chi connectivity index (χ2n) is 5.23. The van der Waals surface area contributed by atoms with Gasteiger partial charge in [0.05, 0.1) is 5.57 Å². The highest BCUT2D eigenvalue weighted by atomic mass is 16.4. The summed E-state index contributed by atoms with van der Waals surface area (Å²) in [6, 6.07) is 10.0. The van der Waals surface area contributed by atoms with Crippen LogP contribution in [0.25, 0.3) is 0 Å². The molecule has 0 saturated carbocycles. The zero-order valence-electron chi connectivity index (χ0n) is 11.9. The number of carboxylic acid groups (broad SMARTS) is 1. The van der Waals surface area contributed by atoms with E-state index in [2.05, 4.69) is 10.6 Å². The van der Waals surface area contributed by atoms with E-state index in [0.717, 1.165) is 37.2 Å². The van der Waals surface area contributed by atoms with E-state index in [1.165, 1.54) is 0 Å². The minimum Gasteiger partial charge on any atom is -0.478 e. The monoisotopic (exact) mass is 274 g/mol. The van der Waals surface area contributed by atoms with E-state index in [9.17, 15) is 9.90 Å². The lowest BCUT2D eigenvalue weighted by Gasteiger charge is -2.25. The molecule has 20 heavy (non-hydrogen) atoms. The topological polar surface area (TPSA) is 61.4 Å². The Morgan fingerprint density at radius 1 is 1.40 bits per heavy atom. The van der Waals surface area contributed by atoms with Gasteiger partial charge in [0.1, 0.15) is 0 Å². The van der Waals surface area contributed by atoms with Crippen LogP contribution in [0, 0.1) is 5.92 Å². The van der Waals surface area contributed by atoms with Crippen LogP contribution in [0.5, 0.6) is 0 Å². The number of allylic oxidation sites excluding steroid dienone is 1. The van der Waals surface area contributed by atoms with Gasteiger partial charge in [-0.15, -0.1) is 0 Å². The van der Waals surface area contributed by atoms with Crippen molar-refractivity contribution in [1.29, 1.82) is 0 Å². The largest absolute Gasteiger partial charge is 0.478 e. The maximum absolute atomic E-state index is 11.5. The molecule has 0 bridgehead atoms. The Morgan fingerprint density at radius 3 is 2.75 bits per heavy atom. The molecule has 3 N–H and O–H groups in total. The first-order chi connectivity index (χ1) is 9.68. The maximum atomic E-state index is 11.5. The highest BCUT2D eigenvalue weighted by Gasteiger charge is 2.24. The van der Waals surface area contributed by atoms with Gasteiger partial charge in [-0.05, 0) is 31.9 Å². The van der Waals surface area contributed by atoms with Crippen molar-refractivity contribution in [2.75, 3.05) is 13.1 Å². The van der Waals surface area contributed by atoms with Crippen LogP contribution in [0.3, 0.4) is 0 Å². The number of hydrogen-bond acceptors (Lipinski definition) is 3. The Morgan fingerprint density at radius 2 is 2.15 bits per heavy atom. The molecule has 1 aliphatic rings. The van der Waals surface area contributed by atoms with Gasteiger partial charge in [-0.1, -0.05) is 30.3 Å². The van der Waals surface area contributed by atoms with Gasteiger partial charge in [0.15, 0.2) is 0 Å². The third-order valence-electron chi connectivity index (χ3n) is 3.74. The molecule has 1 atom stereocenters. The van der Waals surface area contributed by atoms with Crippen molar-refractivity contribution in [3.8, 4) is 0 Å². The van der Waals surface area contributed by atoms with Crippen LogP contribution >= 0.6 is 0 Å². The summed E-state index contributed by atoms with van der Waals surface area (Å²) in [6.07, 6.45) is 1.98. The molecule has 4 nitrogen and oxygen atoms in total. The molecule has 0 aromatic heterocycles. The van der Waals surface area contributed by atoms with Crippen molar-refractivity contribution in [3.63, 3.8) is 0 Å². The van der Waals surface area contributed by atoms with E-state index in [1.807, 2.05) is 37.3 Å². The van der Waals surface area contributed by atoms with Crippen molar-refractivity contribution in [1.82, 2.24) is 10.6 Å². The third kappa shape index (κ3) is 3.84. The number of aliphatic carboxylic acids is 1. The van der Waals surface area contributed by atoms with E-state index in [0.29, 0.717) is 12.1 Å². The first kappa shape index (κ1) is 14.6. The number of carbonyl (C=O) groups is 1. The highest BCUT2D eigenvalue weighted by Crippen LogP contribution is 2.22. The van der Waals surface area contributed by atoms with E-state index >= 15 is 0 Å². The summed E-state index contributed by atoms with van der Waals surface area (Å²) in [5, 5.41) is 16.0. The molecule has 0 radical (unpaired) electrons. The summed E-state index contributed by atoms with van der Waals surface area (Å²) in [5.74, 6) is -0.707. The molecule has 1 aromatic rings. The quantitative estimate of drug-likeness (QED) is 0.720. The Balaban J connectivity index is 2.06. The van der Waals surface area contributed by atoms with Gasteiger partial charge in [-0.2, -0.15) is 0 Å². The first-order valence-electron chi connectivity index (χ1n) is 7.11. The summed E-state index contributed by atoms with van der Waals surface area (Å²) >= 11 is 0. The normalized spacial score (nSPS) is 20.1. The van der Waals surface area contributed by atoms with Gasteiger partial charge in [-0.25, -0.2) is 4.79 Å². The van der Waals surface area contributed by atoms with Gasteiger partial charge in [0.25, 0.3) is 0 Å². The van der Waals surface area contributed by atoms with Crippen LogP contribution in [-0.4, -0.2) is 24.2 Å². The number of hydrogen-bond donors (Lipinski definition) is 3. The van der Waals surface area contributed by atoms with Crippen molar-refractivity contribution >= 4 is 5.97 Å². The number of piperidine rings is 1. The molecule has 1 heterocycles. The lowest BCUT2D eigenvalue weighted by Crippen LogP contribution is -2.34. The number of nitrogens with one attached hydrogen (secondary N) is 2. The van der Waals surface area contributed by atoms with Gasteiger partial charge < -0.3 is 15.7 Å². The molecule has 1 saturated heterocycles. The van der Waals surface area contributed by atoms with Crippen LogP contribution in [0.2, 0.25) is 0 Å². The molecular weight excluding hydrogens is 252 g/mol. The fourth-order valence-corrected chi connectivity index (χ4v) is 2.67. The molecule has 0 spiro atoms. The Kier molecular flexibility index (Phi) is 5.18. The predicted molar refractivity (Wildman–Crippen MR) is 79.2 cm³/mol. The second kappa shape index (κ2) is 7.10. The SMILES string of the molecule is C/C(NCc1ccccc1)=C(/C(=O)O)C1CCCNC1. The molecule has 0 amide bonds. The molecule has 108 valence electrons. The third-order valence-corrected chi connectivity index (χ3v) is 3.74. The van der Waals surface area contributed by atoms with Crippen LogP contribution in [0.15, 0.2) is 41.6 Å². The smallest absolute Gasteiger partial charge is 0.333 e. The Hall–Kier alpha value is -1.81. The predicted octanol–water partition coefficient (Wildman–Crippen LogP) is 2.13. The van der Waals surface area contributed by atoms with E-state index in [4.69, 9.17) is 0 Å². The Bertz CT molecular complexity index is 477. The number of carboxylic acids is 1. The summed E-state index contributed by atoms with van der Waals surface area (Å²) in [4.78, 5) is 11.5. The summed E-state index contributed by atoms with van der Waals surface area (Å²) in [6.45, 7) is 4.26. The fraction of sp³-hybridized carbons (Fsp3) is 0.438. The molecule has 0 aliphatic carbocycles. The average molecular weight is 274 g/mol. The zero-order chi connectivity index (χ0) is 14.4. The van der Waals surface area contributed by atoms with Crippen LogP contribution in [0.4, 0.5) is 0 Å². The number of benzene rings is 1. The number of rotatable bonds is 5.